The first-order chi connectivity index (χ1) is 27.1. The number of hydrogen-bond donors (Lipinski definition) is 3. The van der Waals surface area contributed by atoms with Crippen LogP contribution in [0.1, 0.15) is 41.0 Å². The maximum Gasteiger partial charge on any atom is 0.417 e. The minimum absolute atomic E-state index is 0.0595. The monoisotopic (exact) mass is 820 g/mol. The van der Waals surface area contributed by atoms with Crippen molar-refractivity contribution in [1.29, 1.82) is 0 Å². The number of rotatable bonds is 8. The minimum Gasteiger partial charge on any atom is -0.508 e. The number of phenolic OH excluding ortho intramolecular Hbond substituents is 2. The van der Waals surface area contributed by atoms with Crippen LogP contribution < -0.4 is 10.2 Å². The van der Waals surface area contributed by atoms with E-state index in [1.165, 1.54) is 36.3 Å². The number of fused-ring (bicyclic) bond motifs is 4. The van der Waals surface area contributed by atoms with Crippen LogP contribution >= 0.6 is 23.2 Å². The van der Waals surface area contributed by atoms with Crippen LogP contribution in [0.5, 0.6) is 17.2 Å². The third-order valence-corrected chi connectivity index (χ3v) is 12.3. The molecule has 0 bridgehead atoms. The van der Waals surface area contributed by atoms with E-state index in [0.717, 1.165) is 5.56 Å². The maximum atomic E-state index is 15.3. The molecule has 294 valence electrons. The minimum atomic E-state index is -4.76. The second-order valence-corrected chi connectivity index (χ2v) is 15.4. The summed E-state index contributed by atoms with van der Waals surface area (Å²) < 4.78 is 45.8. The Kier molecular flexibility index (Phi) is 9.47. The molecular weight excluding hydrogens is 788 g/mol. The number of carbonyl (C=O) groups is 4. The van der Waals surface area contributed by atoms with Gasteiger partial charge in [-0.2, -0.15) is 18.2 Å². The lowest BCUT2D eigenvalue weighted by molar-refractivity contribution is -0.141. The molecule has 0 radical (unpaired) electrons. The lowest BCUT2D eigenvalue weighted by atomic mass is 9.49. The van der Waals surface area contributed by atoms with Crippen LogP contribution in [0.2, 0.25) is 10.0 Å². The summed E-state index contributed by atoms with van der Waals surface area (Å²) in [6.45, 7) is 0.0847. The summed E-state index contributed by atoms with van der Waals surface area (Å²) in [6, 6.07) is 18.0. The number of imide groups is 2. The number of phenols is 2. The van der Waals surface area contributed by atoms with Crippen molar-refractivity contribution in [3.63, 3.8) is 0 Å². The van der Waals surface area contributed by atoms with Gasteiger partial charge in [-0.3, -0.25) is 29.5 Å². The van der Waals surface area contributed by atoms with Crippen molar-refractivity contribution in [2.75, 3.05) is 19.1 Å². The number of nitrogens with one attached hydrogen (secondary N) is 1. The van der Waals surface area contributed by atoms with Gasteiger partial charge in [0.05, 0.1) is 40.9 Å². The largest absolute Gasteiger partial charge is 0.508 e. The normalized spacial score (nSPS) is 25.6. The van der Waals surface area contributed by atoms with E-state index in [0.29, 0.717) is 45.4 Å². The fourth-order valence-corrected chi connectivity index (χ4v) is 9.57. The zero-order valence-electron chi connectivity index (χ0n) is 30.0. The van der Waals surface area contributed by atoms with Gasteiger partial charge in [-0.25, -0.2) is 4.98 Å². The molecule has 3 aromatic carbocycles. The first-order valence-electron chi connectivity index (χ1n) is 18.0. The number of halogens is 5. The predicted molar refractivity (Wildman–Crippen MR) is 200 cm³/mol. The third kappa shape index (κ3) is 6.16. The van der Waals surface area contributed by atoms with Crippen LogP contribution in [0.25, 0.3) is 0 Å². The van der Waals surface area contributed by atoms with E-state index >= 15 is 4.79 Å². The standard InChI is InChI=1S/C41H33Cl2F3N4O7/c1-57-32-13-4-21(16-31(32)52)34-26-11-12-27-33(38(55)49(36(27)53)15-14-20-2-9-25(51)10-3-20)28(26)18-29-37(54)50(39(56)40(29,34)22-5-7-24(42)8-6-22)48-35-30(43)17-23(19-47-35)41(44,45)46/h2-11,13,16-17,19,27-29,33-34,51-52H,12,14-15,18H2,1H3,(H,47,48)/t27-,28+,29-,33-,34-,40+/m0/s1. The van der Waals surface area contributed by atoms with E-state index in [4.69, 9.17) is 27.9 Å². The second-order valence-electron chi connectivity index (χ2n) is 14.6. The summed E-state index contributed by atoms with van der Waals surface area (Å²) in [6.07, 6.45) is -1.95. The molecule has 2 saturated heterocycles. The van der Waals surface area contributed by atoms with E-state index in [-0.39, 0.29) is 48.4 Å². The number of hydrogen-bond acceptors (Lipinski definition) is 9. The molecule has 2 aliphatic carbocycles. The molecule has 2 aliphatic heterocycles. The molecule has 0 unspecified atom stereocenters. The molecule has 3 N–H and O–H groups in total. The molecule has 1 aromatic heterocycles. The van der Waals surface area contributed by atoms with Gasteiger partial charge < -0.3 is 14.9 Å². The Hall–Kier alpha value is -5.60. The van der Waals surface area contributed by atoms with Crippen LogP contribution in [0, 0.1) is 23.7 Å². The smallest absolute Gasteiger partial charge is 0.417 e. The first-order valence-corrected chi connectivity index (χ1v) is 18.7. The van der Waals surface area contributed by atoms with Gasteiger partial charge in [0.15, 0.2) is 17.3 Å². The van der Waals surface area contributed by atoms with E-state index in [1.54, 1.807) is 42.5 Å². The van der Waals surface area contributed by atoms with Crippen LogP contribution in [0.4, 0.5) is 19.0 Å². The number of nitrogens with zero attached hydrogens (tertiary/aromatic N) is 3. The van der Waals surface area contributed by atoms with Crippen molar-refractivity contribution < 1.29 is 47.3 Å². The molecule has 3 fully saturated rings. The second kappa shape index (κ2) is 14.1. The molecule has 4 aromatic rings. The highest BCUT2D eigenvalue weighted by atomic mass is 35.5. The number of amides is 4. The lowest BCUT2D eigenvalue weighted by Gasteiger charge is -2.50. The number of aromatic nitrogens is 1. The summed E-state index contributed by atoms with van der Waals surface area (Å²) in [4.78, 5) is 63.6. The van der Waals surface area contributed by atoms with Crippen molar-refractivity contribution in [3.05, 3.63) is 123 Å². The number of ether oxygens (including phenoxy) is 1. The van der Waals surface area contributed by atoms with Gasteiger partial charge in [0.2, 0.25) is 11.8 Å². The van der Waals surface area contributed by atoms with Crippen molar-refractivity contribution in [2.45, 2.75) is 36.8 Å². The lowest BCUT2D eigenvalue weighted by Crippen LogP contribution is -2.53. The molecule has 0 spiro atoms. The van der Waals surface area contributed by atoms with Crippen molar-refractivity contribution in [1.82, 2.24) is 14.9 Å². The maximum absolute atomic E-state index is 15.3. The number of carbonyl (C=O) groups excluding carboxylic acids is 4. The van der Waals surface area contributed by atoms with Gasteiger partial charge in [0.1, 0.15) is 5.75 Å². The molecule has 4 aliphatic rings. The highest BCUT2D eigenvalue weighted by molar-refractivity contribution is 6.33. The molecule has 16 heteroatoms. The molecule has 57 heavy (non-hydrogen) atoms. The fraction of sp³-hybridized carbons (Fsp3) is 0.293. The van der Waals surface area contributed by atoms with Gasteiger partial charge in [-0.1, -0.05) is 65.2 Å². The summed E-state index contributed by atoms with van der Waals surface area (Å²) in [5, 5.41) is 21.4. The Balaban J connectivity index is 1.26. The molecule has 6 atom stereocenters. The summed E-state index contributed by atoms with van der Waals surface area (Å²) in [5.74, 6) is -7.32. The average molecular weight is 822 g/mol. The number of anilines is 1. The van der Waals surface area contributed by atoms with Crippen LogP contribution in [-0.2, 0) is 37.2 Å². The van der Waals surface area contributed by atoms with Crippen LogP contribution in [0.15, 0.2) is 90.6 Å². The third-order valence-electron chi connectivity index (χ3n) is 11.7. The zero-order chi connectivity index (χ0) is 40.6. The van der Waals surface area contributed by atoms with Crippen molar-refractivity contribution in [3.8, 4) is 17.2 Å². The Morgan fingerprint density at radius 1 is 0.930 bits per heavy atom. The molecular formula is C41H33Cl2F3N4O7. The SMILES string of the molecule is COc1ccc([C@H]2C3=CC[C@@H]4C(=O)N(CCc5ccc(O)cc5)C(=O)[C@@H]4[C@@H]3C[C@H]3C(=O)N(Nc4ncc(C(F)(F)F)cc4Cl)C(=O)[C@@]23c2ccc(Cl)cc2)cc1O. The fourth-order valence-electron chi connectivity index (χ4n) is 9.23. The number of hydrazine groups is 1. The number of likely N-dealkylation sites (tertiary alicyclic amines) is 1. The van der Waals surface area contributed by atoms with Gasteiger partial charge in [-0.05, 0) is 84.3 Å². The summed E-state index contributed by atoms with van der Waals surface area (Å²) in [5.41, 5.74) is 1.88. The Morgan fingerprint density at radius 2 is 1.65 bits per heavy atom. The zero-order valence-corrected chi connectivity index (χ0v) is 31.5. The molecule has 1 saturated carbocycles. The highest BCUT2D eigenvalue weighted by Crippen LogP contribution is 2.64. The number of alkyl halides is 3. The number of allylic oxidation sites excluding steroid dienone is 2. The predicted octanol–water partition coefficient (Wildman–Crippen LogP) is 7.05. The molecule has 8 rings (SSSR count). The number of methoxy groups -OCH3 is 1. The first kappa shape index (κ1) is 38.3. The van der Waals surface area contributed by atoms with Crippen LogP contribution in [-0.4, -0.2) is 62.4 Å². The summed E-state index contributed by atoms with van der Waals surface area (Å²) >= 11 is 12.6. The number of benzene rings is 3. The van der Waals surface area contributed by atoms with E-state index < -0.39 is 69.5 Å². The highest BCUT2D eigenvalue weighted by Gasteiger charge is 2.70. The van der Waals surface area contributed by atoms with E-state index in [1.807, 2.05) is 6.08 Å². The van der Waals surface area contributed by atoms with E-state index in [9.17, 15) is 37.8 Å². The molecule has 11 nitrogen and oxygen atoms in total. The van der Waals surface area contributed by atoms with Gasteiger partial charge in [-0.15, -0.1) is 0 Å². The van der Waals surface area contributed by atoms with Crippen molar-refractivity contribution in [2.24, 2.45) is 23.7 Å². The van der Waals surface area contributed by atoms with Gasteiger partial charge >= 0.3 is 6.18 Å². The summed E-state index contributed by atoms with van der Waals surface area (Å²) in [7, 11) is 1.37. The Bertz CT molecular complexity index is 2360. The molecule has 4 amide bonds. The van der Waals surface area contributed by atoms with Gasteiger partial charge in [0, 0.05) is 23.7 Å². The quantitative estimate of drug-likeness (QED) is 0.126. The van der Waals surface area contributed by atoms with Crippen molar-refractivity contribution >= 4 is 52.6 Å². The van der Waals surface area contributed by atoms with Crippen LogP contribution in [0.3, 0.4) is 0 Å². The van der Waals surface area contributed by atoms with E-state index in [2.05, 4.69) is 10.4 Å². The van der Waals surface area contributed by atoms with Gasteiger partial charge in [0.25, 0.3) is 11.8 Å². The number of pyridine rings is 1. The Labute approximate surface area is 333 Å². The average Bonchev–Trinajstić information content (AvgIpc) is 3.55. The Morgan fingerprint density at radius 3 is 2.30 bits per heavy atom. The molecule has 3 heterocycles. The topological polar surface area (TPSA) is 149 Å². The number of aromatic hydroxyl groups is 2.